The van der Waals surface area contributed by atoms with E-state index in [0.29, 0.717) is 16.2 Å². The van der Waals surface area contributed by atoms with Crippen molar-refractivity contribution in [3.63, 3.8) is 0 Å². The van der Waals surface area contributed by atoms with Crippen LogP contribution in [0.25, 0.3) is 0 Å². The van der Waals surface area contributed by atoms with Crippen LogP contribution >= 0.6 is 15.9 Å². The van der Waals surface area contributed by atoms with Crippen molar-refractivity contribution >= 4 is 21.9 Å². The van der Waals surface area contributed by atoms with Gasteiger partial charge in [0, 0.05) is 17.2 Å². The lowest BCUT2D eigenvalue weighted by atomic mass is 9.43. The van der Waals surface area contributed by atoms with Crippen molar-refractivity contribution in [2.24, 2.45) is 40.4 Å². The first-order valence-electron chi connectivity index (χ1n) is 11.9. The summed E-state index contributed by atoms with van der Waals surface area (Å²) in [5.41, 5.74) is 0.610. The minimum absolute atomic E-state index is 0.116. The van der Waals surface area contributed by atoms with E-state index in [2.05, 4.69) is 22.9 Å². The van der Waals surface area contributed by atoms with Crippen LogP contribution in [0.5, 0.6) is 0 Å². The summed E-state index contributed by atoms with van der Waals surface area (Å²) in [6.45, 7) is 4.11. The fourth-order valence-corrected chi connectivity index (χ4v) is 10.0. The molecule has 1 spiro atoms. The number of hydrogen-bond acceptors (Lipinski definition) is 3. The van der Waals surface area contributed by atoms with Gasteiger partial charge in [0.1, 0.15) is 6.10 Å². The van der Waals surface area contributed by atoms with E-state index in [-0.39, 0.29) is 23.6 Å². The lowest BCUT2D eigenvalue weighted by Gasteiger charge is -2.63. The molecule has 0 amide bonds. The van der Waals surface area contributed by atoms with Gasteiger partial charge < -0.3 is 9.84 Å². The molecular formula is C24H37BrO3. The van der Waals surface area contributed by atoms with Crippen LogP contribution in [0.4, 0.5) is 0 Å². The molecule has 10 atom stereocenters. The molecule has 0 aromatic heterocycles. The van der Waals surface area contributed by atoms with Gasteiger partial charge in [-0.25, -0.2) is 0 Å². The van der Waals surface area contributed by atoms with E-state index >= 15 is 0 Å². The number of rotatable bonds is 1. The number of aliphatic hydroxyl groups is 1. The monoisotopic (exact) mass is 452 g/mol. The molecule has 5 saturated carbocycles. The average molecular weight is 453 g/mol. The van der Waals surface area contributed by atoms with E-state index in [1.165, 1.54) is 51.4 Å². The number of ether oxygens (including phenoxy) is 1. The molecule has 3 nitrogen and oxygen atoms in total. The van der Waals surface area contributed by atoms with Crippen molar-refractivity contribution in [2.45, 2.75) is 102 Å². The summed E-state index contributed by atoms with van der Waals surface area (Å²) >= 11 is 3.84. The van der Waals surface area contributed by atoms with Crippen molar-refractivity contribution < 1.29 is 14.6 Å². The number of hydrogen-bond donors (Lipinski definition) is 1. The van der Waals surface area contributed by atoms with Gasteiger partial charge in [-0.1, -0.05) is 22.9 Å². The van der Waals surface area contributed by atoms with E-state index in [1.807, 2.05) is 0 Å². The third kappa shape index (κ3) is 2.72. The Balaban J connectivity index is 1.39. The van der Waals surface area contributed by atoms with Gasteiger partial charge in [0.15, 0.2) is 0 Å². The third-order valence-electron chi connectivity index (χ3n) is 10.4. The van der Waals surface area contributed by atoms with Crippen molar-refractivity contribution in [1.29, 1.82) is 0 Å². The zero-order valence-corrected chi connectivity index (χ0v) is 19.1. The molecule has 5 fully saturated rings. The molecule has 0 heterocycles. The Bertz CT molecular complexity index is 637. The van der Waals surface area contributed by atoms with Crippen molar-refractivity contribution in [1.82, 2.24) is 0 Å². The lowest BCUT2D eigenvalue weighted by Crippen LogP contribution is -2.59. The van der Waals surface area contributed by atoms with Crippen molar-refractivity contribution in [2.75, 3.05) is 0 Å². The number of carbonyl (C=O) groups excluding carboxylic acids is 1. The molecule has 0 aromatic carbocycles. The quantitative estimate of drug-likeness (QED) is 0.423. The second-order valence-corrected chi connectivity index (χ2v) is 12.3. The maximum atomic E-state index is 11.4. The summed E-state index contributed by atoms with van der Waals surface area (Å²) in [7, 11) is 0. The summed E-state index contributed by atoms with van der Waals surface area (Å²) < 4.78 is 5.61. The third-order valence-corrected chi connectivity index (χ3v) is 11.4. The van der Waals surface area contributed by atoms with E-state index < -0.39 is 0 Å². The van der Waals surface area contributed by atoms with E-state index in [0.717, 1.165) is 42.9 Å². The number of halogens is 1. The summed E-state index contributed by atoms with van der Waals surface area (Å²) in [5.74, 6) is 3.69. The number of esters is 1. The Labute approximate surface area is 178 Å². The van der Waals surface area contributed by atoms with Gasteiger partial charge in [-0.2, -0.15) is 0 Å². The fourth-order valence-electron chi connectivity index (χ4n) is 9.27. The smallest absolute Gasteiger partial charge is 0.302 e. The van der Waals surface area contributed by atoms with Crippen LogP contribution in [-0.2, 0) is 9.53 Å². The van der Waals surface area contributed by atoms with Gasteiger partial charge in [0.05, 0.1) is 6.10 Å². The first-order chi connectivity index (χ1) is 13.4. The summed E-state index contributed by atoms with van der Waals surface area (Å²) in [6, 6.07) is 0. The maximum absolute atomic E-state index is 11.4. The van der Waals surface area contributed by atoms with Crippen LogP contribution in [0.1, 0.15) is 84.5 Å². The van der Waals surface area contributed by atoms with Gasteiger partial charge >= 0.3 is 5.97 Å². The van der Waals surface area contributed by atoms with Gasteiger partial charge in [-0.05, 0) is 106 Å². The predicted octanol–water partition coefficient (Wildman–Crippen LogP) is 5.48. The van der Waals surface area contributed by atoms with Crippen LogP contribution in [-0.4, -0.2) is 28.1 Å². The van der Waals surface area contributed by atoms with Gasteiger partial charge in [0.2, 0.25) is 0 Å². The highest BCUT2D eigenvalue weighted by Gasteiger charge is 2.65. The van der Waals surface area contributed by atoms with Crippen LogP contribution in [0.15, 0.2) is 0 Å². The van der Waals surface area contributed by atoms with Crippen LogP contribution in [0, 0.1) is 40.4 Å². The second kappa shape index (κ2) is 6.97. The molecular weight excluding hydrogens is 416 g/mol. The first-order valence-corrected chi connectivity index (χ1v) is 12.8. The molecule has 5 aliphatic carbocycles. The molecule has 0 aromatic rings. The highest BCUT2D eigenvalue weighted by atomic mass is 79.9. The fraction of sp³-hybridized carbons (Fsp3) is 0.958. The number of carbonyl (C=O) groups is 1. The summed E-state index contributed by atoms with van der Waals surface area (Å²) in [6.07, 6.45) is 13.6. The lowest BCUT2D eigenvalue weighted by molar-refractivity contribution is -0.174. The van der Waals surface area contributed by atoms with Gasteiger partial charge in [-0.3, -0.25) is 4.79 Å². The average Bonchev–Trinajstić information content (AvgIpc) is 3.05. The Kier molecular flexibility index (Phi) is 4.94. The largest absolute Gasteiger partial charge is 0.463 e. The number of alkyl halides is 1. The van der Waals surface area contributed by atoms with E-state index in [9.17, 15) is 9.90 Å². The van der Waals surface area contributed by atoms with Crippen LogP contribution < -0.4 is 0 Å². The molecule has 5 rings (SSSR count). The minimum atomic E-state index is -0.148. The van der Waals surface area contributed by atoms with Crippen LogP contribution in [0.3, 0.4) is 0 Å². The Morgan fingerprint density at radius 2 is 1.71 bits per heavy atom. The summed E-state index contributed by atoms with van der Waals surface area (Å²) in [5, 5.41) is 11.3. The Hall–Kier alpha value is -0.0900. The molecule has 0 bridgehead atoms. The Morgan fingerprint density at radius 1 is 0.964 bits per heavy atom. The van der Waals surface area contributed by atoms with Crippen molar-refractivity contribution in [3.05, 3.63) is 0 Å². The van der Waals surface area contributed by atoms with Gasteiger partial charge in [-0.15, -0.1) is 0 Å². The SMILES string of the molecule is CC(=O)O[C@@H]1CC[C@@]2(C)[C@@H](CC[C@@H]3[C@@H]2CC[C@@]24C(O)C(Br)CC[C@H]2CC[C@@H]34)C1. The molecule has 5 aliphatic rings. The molecule has 2 unspecified atom stereocenters. The molecule has 28 heavy (non-hydrogen) atoms. The number of aliphatic hydroxyl groups excluding tert-OH is 1. The second-order valence-electron chi connectivity index (χ2n) is 11.1. The Morgan fingerprint density at radius 3 is 2.50 bits per heavy atom. The molecule has 0 saturated heterocycles. The predicted molar refractivity (Wildman–Crippen MR) is 113 cm³/mol. The highest BCUT2D eigenvalue weighted by molar-refractivity contribution is 9.09. The zero-order valence-electron chi connectivity index (χ0n) is 17.5. The van der Waals surface area contributed by atoms with E-state index in [4.69, 9.17) is 4.74 Å². The topological polar surface area (TPSA) is 46.5 Å². The van der Waals surface area contributed by atoms with Gasteiger partial charge in [0.25, 0.3) is 0 Å². The number of fused-ring (bicyclic) bond motifs is 4. The standard InChI is InChI=1S/C24H37BrO3/c1-14(26)28-17-9-11-23(2)16(13-17)3-6-18-19(23)10-12-24-15(4-7-20(18)24)5-8-21(25)22(24)27/h15-22,27H,3-13H2,1-2H3/t15-,16+,17-,18-,19+,20+,21?,22?,23+,24-/m1/s1. The molecule has 0 radical (unpaired) electrons. The normalized spacial score (nSPS) is 55.4. The first kappa shape index (κ1) is 19.8. The zero-order chi connectivity index (χ0) is 19.7. The van der Waals surface area contributed by atoms with E-state index in [1.54, 1.807) is 6.92 Å². The highest BCUT2D eigenvalue weighted by Crippen LogP contribution is 2.70. The molecule has 158 valence electrons. The molecule has 0 aliphatic heterocycles. The van der Waals surface area contributed by atoms with Crippen LogP contribution in [0.2, 0.25) is 0 Å². The summed E-state index contributed by atoms with van der Waals surface area (Å²) in [4.78, 5) is 11.7. The minimum Gasteiger partial charge on any atom is -0.463 e. The van der Waals surface area contributed by atoms with Crippen molar-refractivity contribution in [3.8, 4) is 0 Å². The molecule has 4 heteroatoms. The molecule has 1 N–H and O–H groups in total. The maximum Gasteiger partial charge on any atom is 0.302 e.